The summed E-state index contributed by atoms with van der Waals surface area (Å²) < 4.78 is 41.5. The van der Waals surface area contributed by atoms with Crippen molar-refractivity contribution in [3.8, 4) is 0 Å². The molecule has 3 atom stereocenters. The zero-order chi connectivity index (χ0) is 34.4. The molecule has 2 rings (SSSR count). The van der Waals surface area contributed by atoms with Crippen LogP contribution in [0.3, 0.4) is 0 Å². The average molecular weight is 692 g/mol. The van der Waals surface area contributed by atoms with E-state index in [0.717, 1.165) is 21.8 Å². The summed E-state index contributed by atoms with van der Waals surface area (Å²) >= 11 is 1.65. The molecule has 0 saturated carbocycles. The third kappa shape index (κ3) is 11.7. The van der Waals surface area contributed by atoms with Gasteiger partial charge in [-0.25, -0.2) is 13.4 Å². The van der Waals surface area contributed by atoms with E-state index in [2.05, 4.69) is 111 Å². The van der Waals surface area contributed by atoms with E-state index in [1.165, 1.54) is 0 Å². The number of aryl methyl sites for hydroxylation is 1. The smallest absolute Gasteiger partial charge is 0.192 e. The van der Waals surface area contributed by atoms with Crippen molar-refractivity contribution < 1.29 is 17.3 Å². The zero-order valence-corrected chi connectivity index (χ0v) is 34.2. The van der Waals surface area contributed by atoms with Gasteiger partial charge in [-0.1, -0.05) is 78.3 Å². The predicted molar refractivity (Wildman–Crippen MR) is 200 cm³/mol. The molecule has 254 valence electrons. The quantitative estimate of drug-likeness (QED) is 0.137. The SMILES string of the molecule is C/C(=C\C[C@H](O[Si](C)(C)C(C)(C)C)/C(C)=C/c1csc(C)n1)C[C@H](C[C@H](C)CO[Si](C)(C)C(C)(C)C)S(=O)(=O)c1ccccc1. The molecule has 0 N–H and O–H groups in total. The van der Waals surface area contributed by atoms with Gasteiger partial charge < -0.3 is 8.85 Å². The molecule has 0 unspecified atom stereocenters. The molecule has 0 saturated heterocycles. The number of allylic oxidation sites excluding steroid dienone is 1. The molecule has 0 aliphatic carbocycles. The Kier molecular flexibility index (Phi) is 13.9. The van der Waals surface area contributed by atoms with Gasteiger partial charge in [0.2, 0.25) is 0 Å². The highest BCUT2D eigenvalue weighted by Gasteiger charge is 2.40. The summed E-state index contributed by atoms with van der Waals surface area (Å²) in [6.45, 7) is 31.5. The van der Waals surface area contributed by atoms with Crippen molar-refractivity contribution in [2.24, 2.45) is 5.92 Å². The van der Waals surface area contributed by atoms with Gasteiger partial charge in [-0.05, 0) is 106 Å². The number of hydrogen-bond acceptors (Lipinski definition) is 6. The molecule has 0 fully saturated rings. The summed E-state index contributed by atoms with van der Waals surface area (Å²) in [5, 5.41) is 2.76. The Morgan fingerprint density at radius 3 is 2.07 bits per heavy atom. The van der Waals surface area contributed by atoms with Gasteiger partial charge in [-0.2, -0.15) is 0 Å². The molecule has 2 aromatic rings. The fourth-order valence-electron chi connectivity index (χ4n) is 4.59. The van der Waals surface area contributed by atoms with Crippen molar-refractivity contribution in [3.05, 3.63) is 63.6 Å². The molecule has 1 aromatic heterocycles. The molecule has 1 heterocycles. The van der Waals surface area contributed by atoms with Gasteiger partial charge in [-0.15, -0.1) is 11.3 Å². The van der Waals surface area contributed by atoms with Crippen molar-refractivity contribution in [2.45, 2.75) is 141 Å². The molecular weight excluding hydrogens is 631 g/mol. The number of hydrogen-bond donors (Lipinski definition) is 0. The Hall–Kier alpha value is -1.37. The van der Waals surface area contributed by atoms with Gasteiger partial charge in [0.1, 0.15) is 0 Å². The molecule has 45 heavy (non-hydrogen) atoms. The highest BCUT2D eigenvalue weighted by atomic mass is 32.2. The first-order chi connectivity index (χ1) is 20.5. The van der Waals surface area contributed by atoms with Crippen LogP contribution in [0.5, 0.6) is 0 Å². The molecule has 0 aliphatic heterocycles. The molecule has 0 aliphatic rings. The second-order valence-corrected chi connectivity index (χ2v) is 28.8. The largest absolute Gasteiger partial charge is 0.417 e. The Morgan fingerprint density at radius 1 is 0.978 bits per heavy atom. The first kappa shape index (κ1) is 39.8. The van der Waals surface area contributed by atoms with Gasteiger partial charge in [-0.3, -0.25) is 0 Å². The van der Waals surface area contributed by atoms with E-state index in [4.69, 9.17) is 8.85 Å². The molecule has 0 amide bonds. The van der Waals surface area contributed by atoms with Crippen molar-refractivity contribution in [3.63, 3.8) is 0 Å². The van der Waals surface area contributed by atoms with Crippen molar-refractivity contribution in [2.75, 3.05) is 6.61 Å². The standard InChI is InChI=1S/C36H61NO4S2Si2/c1-27(20-21-34(41-45(13,14)36(8,9)10)29(3)24-31-26-42-30(4)37-31)22-33(43(38,39)32-18-16-15-17-19-32)23-28(2)25-40-44(11,12)35(5,6)7/h15-20,24,26,28,33-34H,21-23,25H2,1-14H3/b27-20+,29-24+/t28-,33+,34-/m0/s1. The Morgan fingerprint density at radius 2 is 1.56 bits per heavy atom. The predicted octanol–water partition coefficient (Wildman–Crippen LogP) is 10.9. The lowest BCUT2D eigenvalue weighted by molar-refractivity contribution is 0.217. The monoisotopic (exact) mass is 691 g/mol. The van der Waals surface area contributed by atoms with Crippen LogP contribution in [0.1, 0.15) is 92.3 Å². The van der Waals surface area contributed by atoms with E-state index in [1.54, 1.807) is 35.6 Å². The number of nitrogens with zero attached hydrogens (tertiary/aromatic N) is 1. The van der Waals surface area contributed by atoms with E-state index < -0.39 is 31.7 Å². The minimum Gasteiger partial charge on any atom is -0.417 e. The van der Waals surface area contributed by atoms with Crippen molar-refractivity contribution >= 4 is 43.9 Å². The first-order valence-corrected chi connectivity index (χ1v) is 24.6. The normalized spacial score (nSPS) is 16.5. The summed E-state index contributed by atoms with van der Waals surface area (Å²) in [7, 11) is -7.56. The van der Waals surface area contributed by atoms with Gasteiger partial charge in [0, 0.05) is 12.0 Å². The maximum Gasteiger partial charge on any atom is 0.192 e. The molecular formula is C36H61NO4S2Si2. The summed E-state index contributed by atoms with van der Waals surface area (Å²) in [6.07, 6.45) is 5.93. The molecule has 0 bridgehead atoms. The number of benzene rings is 1. The number of sulfone groups is 1. The maximum absolute atomic E-state index is 14.0. The highest BCUT2D eigenvalue weighted by Crippen LogP contribution is 2.39. The topological polar surface area (TPSA) is 65.5 Å². The van der Waals surface area contributed by atoms with Crippen LogP contribution in [0.25, 0.3) is 6.08 Å². The number of rotatable bonds is 15. The van der Waals surface area contributed by atoms with Crippen LogP contribution in [0.4, 0.5) is 0 Å². The molecule has 1 aromatic carbocycles. The summed E-state index contributed by atoms with van der Waals surface area (Å²) in [5.41, 5.74) is 3.17. The highest BCUT2D eigenvalue weighted by molar-refractivity contribution is 7.92. The van der Waals surface area contributed by atoms with Gasteiger partial charge in [0.15, 0.2) is 26.5 Å². The fourth-order valence-corrected chi connectivity index (χ4v) is 9.63. The lowest BCUT2D eigenvalue weighted by Gasteiger charge is -2.39. The van der Waals surface area contributed by atoms with Crippen molar-refractivity contribution in [1.29, 1.82) is 0 Å². The fraction of sp³-hybridized carbons (Fsp3) is 0.639. The Balaban J connectivity index is 2.37. The van der Waals surface area contributed by atoms with Crippen LogP contribution in [0, 0.1) is 12.8 Å². The summed E-state index contributed by atoms with van der Waals surface area (Å²) in [6, 6.07) is 8.90. The summed E-state index contributed by atoms with van der Waals surface area (Å²) in [5.74, 6) is 0.108. The van der Waals surface area contributed by atoms with Crippen LogP contribution in [-0.2, 0) is 18.7 Å². The van der Waals surface area contributed by atoms with E-state index in [0.29, 0.717) is 30.8 Å². The van der Waals surface area contributed by atoms with Gasteiger partial charge >= 0.3 is 0 Å². The second-order valence-electron chi connectivity index (χ2n) is 15.9. The third-order valence-electron chi connectivity index (χ3n) is 9.70. The zero-order valence-electron chi connectivity index (χ0n) is 30.6. The van der Waals surface area contributed by atoms with Crippen LogP contribution < -0.4 is 0 Å². The molecule has 9 heteroatoms. The summed E-state index contributed by atoms with van der Waals surface area (Å²) in [4.78, 5) is 5.03. The van der Waals surface area contributed by atoms with E-state index in [1.807, 2.05) is 13.0 Å². The average Bonchev–Trinajstić information content (AvgIpc) is 3.32. The Labute approximate surface area is 282 Å². The van der Waals surface area contributed by atoms with Gasteiger partial charge in [0.05, 0.1) is 27.0 Å². The lowest BCUT2D eigenvalue weighted by Crippen LogP contribution is -2.44. The maximum atomic E-state index is 14.0. The minimum absolute atomic E-state index is 0.0684. The number of thiazole rings is 1. The minimum atomic E-state index is -3.54. The first-order valence-electron chi connectivity index (χ1n) is 16.3. The lowest BCUT2D eigenvalue weighted by atomic mass is 10.00. The van der Waals surface area contributed by atoms with E-state index >= 15 is 0 Å². The van der Waals surface area contributed by atoms with Crippen molar-refractivity contribution in [1.82, 2.24) is 4.98 Å². The second kappa shape index (κ2) is 15.7. The van der Waals surface area contributed by atoms with Crippen LogP contribution in [0.15, 0.2) is 57.8 Å². The Bertz CT molecular complexity index is 1400. The van der Waals surface area contributed by atoms with E-state index in [-0.39, 0.29) is 22.1 Å². The number of aromatic nitrogens is 1. The molecule has 0 radical (unpaired) electrons. The van der Waals surface area contributed by atoms with E-state index in [9.17, 15) is 8.42 Å². The third-order valence-corrected chi connectivity index (χ3v) is 21.6. The molecule has 5 nitrogen and oxygen atoms in total. The van der Waals surface area contributed by atoms with Crippen LogP contribution in [0.2, 0.25) is 36.3 Å². The van der Waals surface area contributed by atoms with Gasteiger partial charge in [0.25, 0.3) is 0 Å². The van der Waals surface area contributed by atoms with Crippen LogP contribution >= 0.6 is 11.3 Å². The molecule has 0 spiro atoms. The van der Waals surface area contributed by atoms with Crippen LogP contribution in [-0.4, -0.2) is 48.0 Å².